The van der Waals surface area contributed by atoms with Gasteiger partial charge in [0.2, 0.25) is 0 Å². The first-order valence-corrected chi connectivity index (χ1v) is 9.79. The molecule has 0 aliphatic heterocycles. The van der Waals surface area contributed by atoms with Crippen LogP contribution in [0.25, 0.3) is 10.9 Å². The predicted octanol–water partition coefficient (Wildman–Crippen LogP) is 4.72. The van der Waals surface area contributed by atoms with Crippen LogP contribution in [0.4, 0.5) is 5.69 Å². The second-order valence-corrected chi connectivity index (χ2v) is 7.54. The Bertz CT molecular complexity index is 1130. The maximum atomic E-state index is 12.8. The molecular weight excluding hydrogens is 370 g/mol. The molecule has 0 aliphatic rings. The average Bonchev–Trinajstić information content (AvgIpc) is 3.35. The number of aromatic nitrogens is 1. The number of aromatic amines is 1. The first-order chi connectivity index (χ1) is 13.6. The van der Waals surface area contributed by atoms with E-state index in [1.807, 2.05) is 60.8 Å². The van der Waals surface area contributed by atoms with Gasteiger partial charge in [-0.1, -0.05) is 42.0 Å². The SMILES string of the molecule is Cc1ccc(C(=O)Nc2c(C(=O)NCc3cccs3)[nH]c3ccccc23)cc1. The summed E-state index contributed by atoms with van der Waals surface area (Å²) in [5.41, 5.74) is 3.25. The number of fused-ring (bicyclic) bond motifs is 1. The van der Waals surface area contributed by atoms with Crippen molar-refractivity contribution in [3.05, 3.63) is 87.7 Å². The van der Waals surface area contributed by atoms with Gasteiger partial charge in [0.05, 0.1) is 12.2 Å². The van der Waals surface area contributed by atoms with Crippen molar-refractivity contribution in [3.8, 4) is 0 Å². The number of H-pyrrole nitrogens is 1. The summed E-state index contributed by atoms with van der Waals surface area (Å²) < 4.78 is 0. The Morgan fingerprint density at radius 1 is 0.964 bits per heavy atom. The molecule has 0 fully saturated rings. The number of aryl methyl sites for hydroxylation is 1. The van der Waals surface area contributed by atoms with E-state index in [1.165, 1.54) is 0 Å². The Balaban J connectivity index is 1.64. The zero-order valence-electron chi connectivity index (χ0n) is 15.3. The lowest BCUT2D eigenvalue weighted by atomic mass is 10.1. The van der Waals surface area contributed by atoms with Crippen molar-refractivity contribution in [2.75, 3.05) is 5.32 Å². The molecule has 0 spiro atoms. The number of hydrogen-bond acceptors (Lipinski definition) is 3. The molecule has 6 heteroatoms. The van der Waals surface area contributed by atoms with Crippen LogP contribution in [-0.4, -0.2) is 16.8 Å². The molecular formula is C22H19N3O2S. The van der Waals surface area contributed by atoms with Crippen LogP contribution in [0.15, 0.2) is 66.0 Å². The average molecular weight is 389 g/mol. The predicted molar refractivity (Wildman–Crippen MR) is 113 cm³/mol. The van der Waals surface area contributed by atoms with Gasteiger partial charge in [0, 0.05) is 21.3 Å². The summed E-state index contributed by atoms with van der Waals surface area (Å²) in [6.45, 7) is 2.41. The molecule has 4 aromatic rings. The third-order valence-corrected chi connectivity index (χ3v) is 5.37. The minimum Gasteiger partial charge on any atom is -0.349 e. The fraction of sp³-hybridized carbons (Fsp3) is 0.0909. The maximum Gasteiger partial charge on any atom is 0.270 e. The van der Waals surface area contributed by atoms with Gasteiger partial charge in [-0.25, -0.2) is 0 Å². The summed E-state index contributed by atoms with van der Waals surface area (Å²) in [5, 5.41) is 8.59. The standard InChI is InChI=1S/C22H19N3O2S/c1-14-8-10-15(11-9-14)21(26)25-19-17-6-2-3-7-18(17)24-20(19)22(27)23-13-16-5-4-12-28-16/h2-12,24H,13H2,1H3,(H,23,27)(H,25,26). The largest absolute Gasteiger partial charge is 0.349 e. The van der Waals surface area contributed by atoms with E-state index in [9.17, 15) is 9.59 Å². The first-order valence-electron chi connectivity index (χ1n) is 8.91. The molecule has 2 aromatic heterocycles. The van der Waals surface area contributed by atoms with E-state index in [0.717, 1.165) is 21.3 Å². The summed E-state index contributed by atoms with van der Waals surface area (Å²) in [6.07, 6.45) is 0. The molecule has 4 rings (SSSR count). The molecule has 0 bridgehead atoms. The summed E-state index contributed by atoms with van der Waals surface area (Å²) in [5.74, 6) is -0.513. The lowest BCUT2D eigenvalue weighted by Crippen LogP contribution is -2.24. The molecule has 0 radical (unpaired) electrons. The number of amides is 2. The highest BCUT2D eigenvalue weighted by Gasteiger charge is 2.20. The highest BCUT2D eigenvalue weighted by molar-refractivity contribution is 7.09. The molecule has 2 aromatic carbocycles. The molecule has 0 atom stereocenters. The van der Waals surface area contributed by atoms with E-state index in [1.54, 1.807) is 23.5 Å². The number of para-hydroxylation sites is 1. The lowest BCUT2D eigenvalue weighted by molar-refractivity contribution is 0.0948. The van der Waals surface area contributed by atoms with E-state index >= 15 is 0 Å². The number of benzene rings is 2. The van der Waals surface area contributed by atoms with Gasteiger partial charge in [-0.05, 0) is 36.6 Å². The van der Waals surface area contributed by atoms with Crippen LogP contribution >= 0.6 is 11.3 Å². The van der Waals surface area contributed by atoms with Gasteiger partial charge in [-0.3, -0.25) is 9.59 Å². The van der Waals surface area contributed by atoms with Crippen molar-refractivity contribution >= 4 is 39.7 Å². The van der Waals surface area contributed by atoms with Crippen LogP contribution in [0, 0.1) is 6.92 Å². The lowest BCUT2D eigenvalue weighted by Gasteiger charge is -2.08. The fourth-order valence-corrected chi connectivity index (χ4v) is 3.65. The quantitative estimate of drug-likeness (QED) is 0.462. The van der Waals surface area contributed by atoms with Gasteiger partial charge in [0.25, 0.3) is 11.8 Å². The van der Waals surface area contributed by atoms with Crippen molar-refractivity contribution in [1.82, 2.24) is 10.3 Å². The molecule has 3 N–H and O–H groups in total. The van der Waals surface area contributed by atoms with Crippen molar-refractivity contribution in [2.45, 2.75) is 13.5 Å². The van der Waals surface area contributed by atoms with Crippen LogP contribution in [0.5, 0.6) is 0 Å². The third kappa shape index (κ3) is 3.68. The Kier molecular flexibility index (Phi) is 4.95. The van der Waals surface area contributed by atoms with Gasteiger partial charge < -0.3 is 15.6 Å². The molecule has 0 unspecified atom stereocenters. The Labute approximate surface area is 166 Å². The van der Waals surface area contributed by atoms with Gasteiger partial charge in [-0.15, -0.1) is 11.3 Å². The molecule has 28 heavy (non-hydrogen) atoms. The number of carbonyl (C=O) groups excluding carboxylic acids is 2. The van der Waals surface area contributed by atoms with Crippen molar-refractivity contribution in [3.63, 3.8) is 0 Å². The van der Waals surface area contributed by atoms with Crippen LogP contribution in [-0.2, 0) is 6.54 Å². The summed E-state index contributed by atoms with van der Waals surface area (Å²) in [7, 11) is 0. The molecule has 2 heterocycles. The second-order valence-electron chi connectivity index (χ2n) is 6.50. The van der Waals surface area contributed by atoms with E-state index in [2.05, 4.69) is 15.6 Å². The third-order valence-electron chi connectivity index (χ3n) is 4.49. The minimum absolute atomic E-state index is 0.253. The molecule has 140 valence electrons. The molecule has 0 aliphatic carbocycles. The molecule has 0 saturated heterocycles. The van der Waals surface area contributed by atoms with Crippen LogP contribution in [0.2, 0.25) is 0 Å². The van der Waals surface area contributed by atoms with Crippen molar-refractivity contribution in [1.29, 1.82) is 0 Å². The zero-order chi connectivity index (χ0) is 19.5. The monoisotopic (exact) mass is 389 g/mol. The van der Waals surface area contributed by atoms with Crippen molar-refractivity contribution < 1.29 is 9.59 Å². The number of carbonyl (C=O) groups is 2. The highest BCUT2D eigenvalue weighted by Crippen LogP contribution is 2.28. The fourth-order valence-electron chi connectivity index (χ4n) is 3.00. The number of anilines is 1. The van der Waals surface area contributed by atoms with E-state index < -0.39 is 0 Å². The highest BCUT2D eigenvalue weighted by atomic mass is 32.1. The number of nitrogens with one attached hydrogen (secondary N) is 3. The Morgan fingerprint density at radius 3 is 2.50 bits per heavy atom. The summed E-state index contributed by atoms with van der Waals surface area (Å²) in [4.78, 5) is 29.7. The van der Waals surface area contributed by atoms with Gasteiger partial charge >= 0.3 is 0 Å². The first kappa shape index (κ1) is 18.0. The molecule has 5 nitrogen and oxygen atoms in total. The van der Waals surface area contributed by atoms with Gasteiger partial charge in [0.1, 0.15) is 5.69 Å². The number of rotatable bonds is 5. The number of hydrogen-bond donors (Lipinski definition) is 3. The molecule has 0 saturated carbocycles. The Morgan fingerprint density at radius 2 is 1.75 bits per heavy atom. The van der Waals surface area contributed by atoms with E-state index in [4.69, 9.17) is 0 Å². The number of thiophene rings is 1. The van der Waals surface area contributed by atoms with Gasteiger partial charge in [0.15, 0.2) is 0 Å². The van der Waals surface area contributed by atoms with Crippen molar-refractivity contribution in [2.24, 2.45) is 0 Å². The summed E-state index contributed by atoms with van der Waals surface area (Å²) in [6, 6.07) is 18.8. The van der Waals surface area contributed by atoms with Gasteiger partial charge in [-0.2, -0.15) is 0 Å². The normalized spacial score (nSPS) is 10.8. The summed E-state index contributed by atoms with van der Waals surface area (Å²) >= 11 is 1.58. The van der Waals surface area contributed by atoms with E-state index in [-0.39, 0.29) is 11.8 Å². The van der Waals surface area contributed by atoms with Crippen LogP contribution in [0.3, 0.4) is 0 Å². The van der Waals surface area contributed by atoms with Crippen LogP contribution in [0.1, 0.15) is 31.3 Å². The maximum absolute atomic E-state index is 12.8. The second kappa shape index (κ2) is 7.70. The van der Waals surface area contributed by atoms with Crippen LogP contribution < -0.4 is 10.6 Å². The zero-order valence-corrected chi connectivity index (χ0v) is 16.1. The smallest absolute Gasteiger partial charge is 0.270 e. The van der Waals surface area contributed by atoms with E-state index in [0.29, 0.717) is 23.5 Å². The molecule has 2 amide bonds. The topological polar surface area (TPSA) is 74.0 Å². The Hall–Kier alpha value is -3.38. The minimum atomic E-state index is -0.260.